The second-order valence-corrected chi connectivity index (χ2v) is 9.08. The van der Waals surface area contributed by atoms with Crippen LogP contribution in [0.2, 0.25) is 0 Å². The van der Waals surface area contributed by atoms with Gasteiger partial charge in [-0.15, -0.1) is 0 Å². The molecular formula is C25H22N2O5S. The molecule has 8 heteroatoms. The van der Waals surface area contributed by atoms with E-state index >= 15 is 0 Å². The first-order chi connectivity index (χ1) is 15.9. The molecule has 0 radical (unpaired) electrons. The monoisotopic (exact) mass is 462 g/mol. The van der Waals surface area contributed by atoms with E-state index in [0.717, 1.165) is 0 Å². The normalized spacial score (nSPS) is 14.4. The number of anilines is 2. The molecule has 3 aromatic rings. The fraction of sp³-hybridized carbons (Fsp3) is 0.120. The van der Waals surface area contributed by atoms with Gasteiger partial charge in [0.1, 0.15) is 0 Å². The molecule has 0 atom stereocenters. The smallest absolute Gasteiger partial charge is 0.337 e. The van der Waals surface area contributed by atoms with E-state index in [-0.39, 0.29) is 11.4 Å². The SMILES string of the molecule is CCN1c2ccccc2C(c2ccccc2)=C(C(=O)Nc2ccc(C(=O)OC)cc2)S1(=O)=O. The lowest BCUT2D eigenvalue weighted by Gasteiger charge is -2.32. The molecule has 0 spiro atoms. The molecule has 1 heterocycles. The maximum absolute atomic E-state index is 13.7. The van der Waals surface area contributed by atoms with Gasteiger partial charge in [0.2, 0.25) is 0 Å². The van der Waals surface area contributed by atoms with Gasteiger partial charge in [0.25, 0.3) is 15.9 Å². The minimum atomic E-state index is -4.14. The molecule has 33 heavy (non-hydrogen) atoms. The Morgan fingerprint density at radius 2 is 1.55 bits per heavy atom. The van der Waals surface area contributed by atoms with Crippen LogP contribution < -0.4 is 9.62 Å². The molecule has 1 aliphatic rings. The van der Waals surface area contributed by atoms with Crippen molar-refractivity contribution < 1.29 is 22.7 Å². The predicted octanol–water partition coefficient (Wildman–Crippen LogP) is 4.04. The van der Waals surface area contributed by atoms with Gasteiger partial charge in [0.05, 0.1) is 18.4 Å². The number of esters is 1. The second kappa shape index (κ2) is 8.91. The Hall–Kier alpha value is -3.91. The van der Waals surface area contributed by atoms with Crippen LogP contribution in [0.25, 0.3) is 5.57 Å². The van der Waals surface area contributed by atoms with Crippen LogP contribution in [0, 0.1) is 0 Å². The van der Waals surface area contributed by atoms with E-state index in [2.05, 4.69) is 10.1 Å². The zero-order chi connectivity index (χ0) is 23.6. The number of hydrogen-bond acceptors (Lipinski definition) is 5. The summed E-state index contributed by atoms with van der Waals surface area (Å²) in [7, 11) is -2.86. The van der Waals surface area contributed by atoms with Crippen molar-refractivity contribution in [2.75, 3.05) is 23.3 Å². The maximum atomic E-state index is 13.7. The molecule has 0 saturated carbocycles. The number of rotatable bonds is 5. The van der Waals surface area contributed by atoms with Crippen molar-refractivity contribution in [3.05, 3.63) is 100 Å². The van der Waals surface area contributed by atoms with E-state index in [4.69, 9.17) is 0 Å². The quantitative estimate of drug-likeness (QED) is 0.578. The second-order valence-electron chi connectivity index (χ2n) is 7.28. The summed E-state index contributed by atoms with van der Waals surface area (Å²) in [5.74, 6) is -1.26. The van der Waals surface area contributed by atoms with Crippen LogP contribution >= 0.6 is 0 Å². The standard InChI is InChI=1S/C25H22N2O5S/c1-3-27-21-12-8-7-11-20(21)22(17-9-5-4-6-10-17)23(33(27,30)31)24(28)26-19-15-13-18(14-16-19)25(29)32-2/h4-16H,3H2,1-2H3,(H,26,28). The van der Waals surface area contributed by atoms with E-state index in [1.165, 1.54) is 35.7 Å². The molecular weight excluding hydrogens is 440 g/mol. The van der Waals surface area contributed by atoms with E-state index in [1.54, 1.807) is 43.3 Å². The van der Waals surface area contributed by atoms with E-state index in [0.29, 0.717) is 33.6 Å². The number of para-hydroxylation sites is 1. The summed E-state index contributed by atoms with van der Waals surface area (Å²) in [5.41, 5.74) is 2.82. The minimum absolute atomic E-state index is 0.173. The molecule has 0 saturated heterocycles. The zero-order valence-electron chi connectivity index (χ0n) is 18.1. The number of methoxy groups -OCH3 is 1. The summed E-state index contributed by atoms with van der Waals surface area (Å²) in [5, 5.41) is 2.67. The van der Waals surface area contributed by atoms with E-state index in [9.17, 15) is 18.0 Å². The topological polar surface area (TPSA) is 92.8 Å². The Morgan fingerprint density at radius 1 is 0.909 bits per heavy atom. The molecule has 0 unspecified atom stereocenters. The number of fused-ring (bicyclic) bond motifs is 1. The Kier molecular flexibility index (Phi) is 6.02. The number of hydrogen-bond donors (Lipinski definition) is 1. The van der Waals surface area contributed by atoms with Crippen LogP contribution in [0.15, 0.2) is 83.8 Å². The molecule has 1 amide bonds. The molecule has 1 aliphatic heterocycles. The van der Waals surface area contributed by atoms with Gasteiger partial charge >= 0.3 is 5.97 Å². The highest BCUT2D eigenvalue weighted by atomic mass is 32.2. The van der Waals surface area contributed by atoms with Gasteiger partial charge in [-0.2, -0.15) is 0 Å². The van der Waals surface area contributed by atoms with Gasteiger partial charge in [-0.1, -0.05) is 48.5 Å². The van der Waals surface area contributed by atoms with Crippen LogP contribution in [0.5, 0.6) is 0 Å². The van der Waals surface area contributed by atoms with Crippen molar-refractivity contribution in [3.63, 3.8) is 0 Å². The number of carbonyl (C=O) groups is 2. The highest BCUT2D eigenvalue weighted by Gasteiger charge is 2.40. The first kappa shape index (κ1) is 22.3. The fourth-order valence-corrected chi connectivity index (χ4v) is 5.60. The molecule has 0 aliphatic carbocycles. The van der Waals surface area contributed by atoms with Crippen LogP contribution in [-0.2, 0) is 19.6 Å². The average molecular weight is 463 g/mol. The van der Waals surface area contributed by atoms with Crippen molar-refractivity contribution in [2.24, 2.45) is 0 Å². The molecule has 3 aromatic carbocycles. The zero-order valence-corrected chi connectivity index (χ0v) is 18.9. The molecule has 168 valence electrons. The van der Waals surface area contributed by atoms with Crippen molar-refractivity contribution in [3.8, 4) is 0 Å². The van der Waals surface area contributed by atoms with Gasteiger partial charge in [-0.05, 0) is 42.8 Å². The third-order valence-corrected chi connectivity index (χ3v) is 7.28. The Morgan fingerprint density at radius 3 is 2.18 bits per heavy atom. The van der Waals surface area contributed by atoms with Gasteiger partial charge in [-0.3, -0.25) is 9.10 Å². The third kappa shape index (κ3) is 4.01. The molecule has 4 rings (SSSR count). The lowest BCUT2D eigenvalue weighted by molar-refractivity contribution is -0.112. The first-order valence-corrected chi connectivity index (χ1v) is 11.7. The summed E-state index contributed by atoms with van der Waals surface area (Å²) in [6, 6.07) is 22.2. The predicted molar refractivity (Wildman–Crippen MR) is 127 cm³/mol. The largest absolute Gasteiger partial charge is 0.465 e. The molecule has 1 N–H and O–H groups in total. The molecule has 7 nitrogen and oxygen atoms in total. The van der Waals surface area contributed by atoms with Gasteiger partial charge in [0, 0.05) is 23.4 Å². The summed E-state index contributed by atoms with van der Waals surface area (Å²) < 4.78 is 33.2. The number of carbonyl (C=O) groups excluding carboxylic acids is 2. The number of amides is 1. The van der Waals surface area contributed by atoms with E-state index in [1.807, 2.05) is 18.2 Å². The lowest BCUT2D eigenvalue weighted by atomic mass is 9.95. The van der Waals surface area contributed by atoms with Crippen molar-refractivity contribution in [1.29, 1.82) is 0 Å². The van der Waals surface area contributed by atoms with Crippen LogP contribution in [-0.4, -0.2) is 33.9 Å². The molecule has 0 fully saturated rings. The molecule has 0 aromatic heterocycles. The lowest BCUT2D eigenvalue weighted by Crippen LogP contribution is -2.39. The fourth-order valence-electron chi connectivity index (χ4n) is 3.85. The minimum Gasteiger partial charge on any atom is -0.465 e. The third-order valence-electron chi connectivity index (χ3n) is 5.34. The van der Waals surface area contributed by atoms with Crippen molar-refractivity contribution >= 4 is 38.8 Å². The highest BCUT2D eigenvalue weighted by molar-refractivity contribution is 7.97. The summed E-state index contributed by atoms with van der Waals surface area (Å²) in [6.07, 6.45) is 0. The van der Waals surface area contributed by atoms with E-state index < -0.39 is 21.9 Å². The van der Waals surface area contributed by atoms with Crippen LogP contribution in [0.1, 0.15) is 28.4 Å². The number of sulfonamides is 1. The summed E-state index contributed by atoms with van der Waals surface area (Å²) in [4.78, 5) is 24.8. The Labute approximate surface area is 192 Å². The van der Waals surface area contributed by atoms with Crippen molar-refractivity contribution in [2.45, 2.75) is 6.92 Å². The Balaban J connectivity index is 1.87. The average Bonchev–Trinajstić information content (AvgIpc) is 2.83. The number of ether oxygens (including phenoxy) is 1. The van der Waals surface area contributed by atoms with Crippen LogP contribution in [0.4, 0.5) is 11.4 Å². The highest BCUT2D eigenvalue weighted by Crippen LogP contribution is 2.42. The maximum Gasteiger partial charge on any atom is 0.337 e. The van der Waals surface area contributed by atoms with Gasteiger partial charge in [-0.25, -0.2) is 13.2 Å². The number of nitrogens with one attached hydrogen (secondary N) is 1. The Bertz CT molecular complexity index is 1350. The summed E-state index contributed by atoms with van der Waals surface area (Å²) in [6.45, 7) is 1.90. The van der Waals surface area contributed by atoms with Crippen molar-refractivity contribution in [1.82, 2.24) is 0 Å². The number of nitrogens with zero attached hydrogens (tertiary/aromatic N) is 1. The van der Waals surface area contributed by atoms with Gasteiger partial charge in [0.15, 0.2) is 4.91 Å². The summed E-state index contributed by atoms with van der Waals surface area (Å²) >= 11 is 0. The van der Waals surface area contributed by atoms with Crippen LogP contribution in [0.3, 0.4) is 0 Å². The van der Waals surface area contributed by atoms with Gasteiger partial charge < -0.3 is 10.1 Å². The number of benzene rings is 3. The first-order valence-electron chi connectivity index (χ1n) is 10.3. The molecule has 0 bridgehead atoms.